The van der Waals surface area contributed by atoms with Gasteiger partial charge in [0.1, 0.15) is 18.1 Å². The molecule has 31 heavy (non-hydrogen) atoms. The summed E-state index contributed by atoms with van der Waals surface area (Å²) in [5, 5.41) is 25.5. The fraction of sp³-hybridized carbons (Fsp3) is 0.647. The number of aliphatic carboxylic acids is 1. The van der Waals surface area contributed by atoms with Crippen molar-refractivity contribution in [1.82, 2.24) is 16.0 Å². The summed E-state index contributed by atoms with van der Waals surface area (Å²) in [7, 11) is 0. The number of carbonyl (C=O) groups is 6. The number of aliphatic hydroxyl groups is 1. The molecule has 0 aromatic carbocycles. The van der Waals surface area contributed by atoms with Gasteiger partial charge in [0.15, 0.2) is 0 Å². The Bertz CT molecular complexity index is 698. The second-order valence-corrected chi connectivity index (χ2v) is 6.97. The maximum absolute atomic E-state index is 12.4. The molecule has 0 aliphatic carbocycles. The number of rotatable bonds is 14. The Morgan fingerprint density at radius 2 is 1.32 bits per heavy atom. The molecule has 0 saturated carbocycles. The van der Waals surface area contributed by atoms with Crippen LogP contribution < -0.4 is 33.2 Å². The highest BCUT2D eigenvalue weighted by Gasteiger charge is 2.31. The molecule has 0 aromatic heterocycles. The predicted molar refractivity (Wildman–Crippen MR) is 106 cm³/mol. The van der Waals surface area contributed by atoms with Gasteiger partial charge >= 0.3 is 5.97 Å². The van der Waals surface area contributed by atoms with E-state index in [1.54, 1.807) is 0 Å². The maximum Gasteiger partial charge on any atom is 0.326 e. The van der Waals surface area contributed by atoms with Crippen LogP contribution in [-0.2, 0) is 28.8 Å². The van der Waals surface area contributed by atoms with Crippen molar-refractivity contribution in [3.8, 4) is 0 Å². The lowest BCUT2D eigenvalue weighted by molar-refractivity contribution is -0.142. The lowest BCUT2D eigenvalue weighted by Crippen LogP contribution is -2.59. The van der Waals surface area contributed by atoms with Gasteiger partial charge in [0.25, 0.3) is 0 Å². The van der Waals surface area contributed by atoms with Crippen molar-refractivity contribution in [2.45, 2.75) is 69.8 Å². The molecular formula is C17H30N6O8. The van der Waals surface area contributed by atoms with E-state index in [0.717, 1.165) is 0 Å². The first-order chi connectivity index (χ1) is 14.3. The number of carbonyl (C=O) groups excluding carboxylic acids is 5. The molecule has 0 fully saturated rings. The molecule has 0 aliphatic rings. The van der Waals surface area contributed by atoms with Crippen LogP contribution in [0.2, 0.25) is 0 Å². The molecule has 0 heterocycles. The molecule has 11 N–H and O–H groups in total. The lowest BCUT2D eigenvalue weighted by atomic mass is 10.1. The van der Waals surface area contributed by atoms with Crippen LogP contribution >= 0.6 is 0 Å². The summed E-state index contributed by atoms with van der Waals surface area (Å²) < 4.78 is 0. The van der Waals surface area contributed by atoms with Crippen LogP contribution in [0.25, 0.3) is 0 Å². The van der Waals surface area contributed by atoms with Crippen molar-refractivity contribution in [3.05, 3.63) is 0 Å². The third kappa shape index (κ3) is 10.9. The zero-order chi connectivity index (χ0) is 24.3. The largest absolute Gasteiger partial charge is 0.480 e. The minimum Gasteiger partial charge on any atom is -0.480 e. The molecule has 0 radical (unpaired) electrons. The van der Waals surface area contributed by atoms with E-state index >= 15 is 0 Å². The van der Waals surface area contributed by atoms with E-state index in [9.17, 15) is 33.9 Å². The standard InChI is InChI=1S/C17H30N6O8/c1-7(14(27)22-10(17(30)31)4-6-12(20)26)21-16(29)13(8(2)24)23-15(28)9(18)3-5-11(19)25/h7-10,13,24H,3-6,18H2,1-2H3,(H2,19,25)(H2,20,26)(H,21,29)(H,22,27)(H,23,28)(H,30,31). The van der Waals surface area contributed by atoms with Gasteiger partial charge in [0.05, 0.1) is 12.1 Å². The Kier molecular flexibility index (Phi) is 11.7. The smallest absolute Gasteiger partial charge is 0.326 e. The molecule has 0 rings (SSSR count). The SMILES string of the molecule is CC(NC(=O)C(NC(=O)C(N)CCC(N)=O)C(C)O)C(=O)NC(CCC(N)=O)C(=O)O. The zero-order valence-electron chi connectivity index (χ0n) is 17.3. The monoisotopic (exact) mass is 446 g/mol. The molecule has 5 unspecified atom stereocenters. The lowest BCUT2D eigenvalue weighted by Gasteiger charge is -2.25. The highest BCUT2D eigenvalue weighted by molar-refractivity contribution is 5.94. The number of nitrogens with two attached hydrogens (primary N) is 3. The zero-order valence-corrected chi connectivity index (χ0v) is 17.3. The van der Waals surface area contributed by atoms with Gasteiger partial charge in [-0.25, -0.2) is 4.79 Å². The second-order valence-electron chi connectivity index (χ2n) is 6.97. The van der Waals surface area contributed by atoms with Crippen LogP contribution in [0.1, 0.15) is 39.5 Å². The molecule has 5 atom stereocenters. The summed E-state index contributed by atoms with van der Waals surface area (Å²) in [4.78, 5) is 69.5. The van der Waals surface area contributed by atoms with Gasteiger partial charge in [-0.15, -0.1) is 0 Å². The number of aliphatic hydroxyl groups excluding tert-OH is 1. The van der Waals surface area contributed by atoms with Crippen LogP contribution in [-0.4, -0.2) is 76.0 Å². The van der Waals surface area contributed by atoms with Crippen molar-refractivity contribution in [2.75, 3.05) is 0 Å². The van der Waals surface area contributed by atoms with Crippen LogP contribution in [0, 0.1) is 0 Å². The van der Waals surface area contributed by atoms with Gasteiger partial charge < -0.3 is 43.4 Å². The fourth-order valence-electron chi connectivity index (χ4n) is 2.30. The van der Waals surface area contributed by atoms with E-state index in [0.29, 0.717) is 0 Å². The van der Waals surface area contributed by atoms with Gasteiger partial charge in [-0.3, -0.25) is 24.0 Å². The van der Waals surface area contributed by atoms with Crippen LogP contribution in [0.15, 0.2) is 0 Å². The quantitative estimate of drug-likeness (QED) is 0.128. The van der Waals surface area contributed by atoms with Crippen molar-refractivity contribution in [1.29, 1.82) is 0 Å². The van der Waals surface area contributed by atoms with Crippen LogP contribution in [0.4, 0.5) is 0 Å². The topological polar surface area (TPSA) is 257 Å². The summed E-state index contributed by atoms with van der Waals surface area (Å²) in [6.45, 7) is 2.47. The van der Waals surface area contributed by atoms with E-state index in [-0.39, 0.29) is 25.7 Å². The Balaban J connectivity index is 4.96. The minimum atomic E-state index is -1.48. The average molecular weight is 446 g/mol. The first kappa shape index (κ1) is 27.7. The number of carboxylic acid groups (broad SMARTS) is 1. The molecule has 0 bridgehead atoms. The molecule has 0 spiro atoms. The third-order valence-electron chi connectivity index (χ3n) is 4.15. The van der Waals surface area contributed by atoms with Crippen LogP contribution in [0.5, 0.6) is 0 Å². The van der Waals surface area contributed by atoms with Crippen molar-refractivity contribution in [2.24, 2.45) is 17.2 Å². The molecule has 14 heteroatoms. The highest BCUT2D eigenvalue weighted by Crippen LogP contribution is 2.01. The highest BCUT2D eigenvalue weighted by atomic mass is 16.4. The summed E-state index contributed by atoms with van der Waals surface area (Å²) >= 11 is 0. The Morgan fingerprint density at radius 3 is 1.77 bits per heavy atom. The van der Waals surface area contributed by atoms with E-state index in [1.807, 2.05) is 0 Å². The van der Waals surface area contributed by atoms with E-state index < -0.39 is 65.8 Å². The fourth-order valence-corrected chi connectivity index (χ4v) is 2.30. The van der Waals surface area contributed by atoms with Gasteiger partial charge in [-0.2, -0.15) is 0 Å². The molecular weight excluding hydrogens is 416 g/mol. The Hall–Kier alpha value is -3.26. The number of hydrogen-bond acceptors (Lipinski definition) is 8. The van der Waals surface area contributed by atoms with Gasteiger partial charge in [-0.05, 0) is 26.7 Å². The summed E-state index contributed by atoms with van der Waals surface area (Å²) in [5.41, 5.74) is 15.6. The summed E-state index contributed by atoms with van der Waals surface area (Å²) in [6.07, 6.45) is -2.12. The van der Waals surface area contributed by atoms with E-state index in [1.165, 1.54) is 13.8 Å². The third-order valence-corrected chi connectivity index (χ3v) is 4.15. The van der Waals surface area contributed by atoms with Crippen molar-refractivity contribution >= 4 is 35.5 Å². The molecule has 14 nitrogen and oxygen atoms in total. The number of amides is 5. The molecule has 0 saturated heterocycles. The van der Waals surface area contributed by atoms with Gasteiger partial charge in [0.2, 0.25) is 29.5 Å². The van der Waals surface area contributed by atoms with E-state index in [2.05, 4.69) is 16.0 Å². The second kappa shape index (κ2) is 13.1. The van der Waals surface area contributed by atoms with Gasteiger partial charge in [0, 0.05) is 12.8 Å². The number of hydrogen-bond donors (Lipinski definition) is 8. The molecule has 0 aliphatic heterocycles. The first-order valence-corrected chi connectivity index (χ1v) is 9.40. The van der Waals surface area contributed by atoms with Crippen LogP contribution in [0.3, 0.4) is 0 Å². The summed E-state index contributed by atoms with van der Waals surface area (Å²) in [6, 6.07) is -5.30. The number of primary amides is 2. The number of carboxylic acids is 1. The van der Waals surface area contributed by atoms with Crippen molar-refractivity contribution in [3.63, 3.8) is 0 Å². The predicted octanol–water partition coefficient (Wildman–Crippen LogP) is -4.22. The number of nitrogens with one attached hydrogen (secondary N) is 3. The summed E-state index contributed by atoms with van der Waals surface area (Å²) in [5.74, 6) is -5.44. The average Bonchev–Trinajstić information content (AvgIpc) is 2.65. The van der Waals surface area contributed by atoms with E-state index in [4.69, 9.17) is 22.3 Å². The van der Waals surface area contributed by atoms with Crippen molar-refractivity contribution < 1.29 is 39.0 Å². The maximum atomic E-state index is 12.4. The normalized spacial score (nSPS) is 15.5. The molecule has 0 aromatic rings. The Labute approximate surface area is 178 Å². The minimum absolute atomic E-state index is 0.0734. The molecule has 5 amide bonds. The van der Waals surface area contributed by atoms with Gasteiger partial charge in [-0.1, -0.05) is 0 Å². The molecule has 176 valence electrons. The first-order valence-electron chi connectivity index (χ1n) is 9.40. The Morgan fingerprint density at radius 1 is 0.806 bits per heavy atom.